The molecule has 2 unspecified atom stereocenters. The van der Waals surface area contributed by atoms with Gasteiger partial charge in [0, 0.05) is 55.9 Å². The van der Waals surface area contributed by atoms with Crippen LogP contribution < -0.4 is 15.6 Å². The van der Waals surface area contributed by atoms with Crippen molar-refractivity contribution in [3.8, 4) is 11.1 Å². The Morgan fingerprint density at radius 1 is 1.25 bits per heavy atom. The number of nitrogens with one attached hydrogen (secondary N) is 2. The summed E-state index contributed by atoms with van der Waals surface area (Å²) in [7, 11) is 1.63. The van der Waals surface area contributed by atoms with Gasteiger partial charge in [-0.2, -0.15) is 0 Å². The number of carboxylic acids is 1. The van der Waals surface area contributed by atoms with E-state index in [1.54, 1.807) is 30.1 Å². The van der Waals surface area contributed by atoms with Crippen LogP contribution in [0.3, 0.4) is 0 Å². The van der Waals surface area contributed by atoms with E-state index >= 15 is 4.39 Å². The van der Waals surface area contributed by atoms with Gasteiger partial charge in [-0.3, -0.25) is 4.79 Å². The van der Waals surface area contributed by atoms with Gasteiger partial charge in [-0.1, -0.05) is 0 Å². The first-order chi connectivity index (χ1) is 19.3. The minimum atomic E-state index is -1.33. The van der Waals surface area contributed by atoms with Gasteiger partial charge in [0.25, 0.3) is 0 Å². The molecule has 1 aromatic carbocycles. The number of rotatable bonds is 5. The highest BCUT2D eigenvalue weighted by atomic mass is 19.2. The van der Waals surface area contributed by atoms with E-state index in [2.05, 4.69) is 25.2 Å². The minimum absolute atomic E-state index is 0.00494. The van der Waals surface area contributed by atoms with Crippen LogP contribution in [0.1, 0.15) is 23.7 Å². The first-order valence-corrected chi connectivity index (χ1v) is 13.0. The van der Waals surface area contributed by atoms with Crippen LogP contribution >= 0.6 is 0 Å². The summed E-state index contributed by atoms with van der Waals surface area (Å²) in [5.74, 6) is -3.31. The molecule has 5 aromatic rings. The number of hydrogen-bond donors (Lipinski definition) is 3. The van der Waals surface area contributed by atoms with Gasteiger partial charge in [-0.05, 0) is 19.4 Å². The van der Waals surface area contributed by atoms with Crippen LogP contribution in [0.4, 0.5) is 20.2 Å². The van der Waals surface area contributed by atoms with E-state index in [1.165, 1.54) is 6.20 Å². The van der Waals surface area contributed by atoms with Crippen molar-refractivity contribution in [2.45, 2.75) is 32.0 Å². The Hall–Kier alpha value is -4.58. The molecule has 0 amide bonds. The molecule has 2 aliphatic heterocycles. The molecule has 2 fully saturated rings. The molecule has 0 saturated carbocycles. The summed E-state index contributed by atoms with van der Waals surface area (Å²) in [6, 6.07) is 2.72. The molecule has 7 rings (SSSR count). The number of aryl methyl sites for hydroxylation is 1. The number of pyridine rings is 3. The third-order valence-electron chi connectivity index (χ3n) is 8.02. The van der Waals surface area contributed by atoms with E-state index in [0.717, 1.165) is 12.5 Å². The van der Waals surface area contributed by atoms with Gasteiger partial charge in [0.15, 0.2) is 11.6 Å². The molecule has 40 heavy (non-hydrogen) atoms. The normalized spacial score (nSPS) is 18.4. The quantitative estimate of drug-likeness (QED) is 0.301. The summed E-state index contributed by atoms with van der Waals surface area (Å²) >= 11 is 0. The van der Waals surface area contributed by atoms with Crippen LogP contribution in [0.15, 0.2) is 35.5 Å². The second-order valence-corrected chi connectivity index (χ2v) is 10.1. The van der Waals surface area contributed by atoms with E-state index in [9.17, 15) is 19.1 Å². The standard InChI is InChI=1S/C28H24F2N6O4/c1-3-35-10-17(28(38)39)25(37)15-4-12(7-33-27(15)35)16-8-32-26-21(24(16)36-9-14-5-13(36)11-40-14)20-22(30)18(29)6-19(31-2)23(20)34-26/h4,6-8,10,13-14,31H,3,5,9,11H2,1-2H3,(H,32,34)(H,38,39). The van der Waals surface area contributed by atoms with Crippen molar-refractivity contribution in [2.75, 3.05) is 30.4 Å². The van der Waals surface area contributed by atoms with Gasteiger partial charge in [-0.25, -0.2) is 23.5 Å². The first kappa shape index (κ1) is 24.5. The van der Waals surface area contributed by atoms with Crippen LogP contribution in [0.5, 0.6) is 0 Å². The van der Waals surface area contributed by atoms with Crippen molar-refractivity contribution in [1.29, 1.82) is 0 Å². The van der Waals surface area contributed by atoms with Crippen LogP contribution in [-0.4, -0.2) is 62.9 Å². The Balaban J connectivity index is 1.58. The lowest BCUT2D eigenvalue weighted by Gasteiger charge is -2.31. The lowest BCUT2D eigenvalue weighted by molar-refractivity contribution is 0.0694. The molecular weight excluding hydrogens is 522 g/mol. The summed E-state index contributed by atoms with van der Waals surface area (Å²) in [5.41, 5.74) is 2.20. The molecular formula is C28H24F2N6O4. The number of morpholine rings is 1. The second-order valence-electron chi connectivity index (χ2n) is 10.1. The van der Waals surface area contributed by atoms with Crippen molar-refractivity contribution in [2.24, 2.45) is 0 Å². The Morgan fingerprint density at radius 3 is 2.75 bits per heavy atom. The highest BCUT2D eigenvalue weighted by Crippen LogP contribution is 2.46. The van der Waals surface area contributed by atoms with Crippen molar-refractivity contribution in [3.05, 3.63) is 58.1 Å². The van der Waals surface area contributed by atoms with Crippen molar-refractivity contribution >= 4 is 50.3 Å². The maximum Gasteiger partial charge on any atom is 0.341 e. The number of benzene rings is 1. The maximum absolute atomic E-state index is 15.5. The summed E-state index contributed by atoms with van der Waals surface area (Å²) in [6.45, 7) is 3.28. The van der Waals surface area contributed by atoms with Gasteiger partial charge in [0.2, 0.25) is 5.43 Å². The average molecular weight is 547 g/mol. The zero-order valence-electron chi connectivity index (χ0n) is 21.6. The molecule has 2 aliphatic rings. The number of halogens is 2. The fraction of sp³-hybridized carbons (Fsp3) is 0.286. The number of aromatic amines is 1. The molecule has 0 radical (unpaired) electrons. The molecule has 2 saturated heterocycles. The summed E-state index contributed by atoms with van der Waals surface area (Å²) in [5, 5.41) is 13.2. The average Bonchev–Trinajstić information content (AvgIpc) is 3.69. The number of aromatic nitrogens is 4. The number of aromatic carboxylic acids is 1. The summed E-state index contributed by atoms with van der Waals surface area (Å²) < 4.78 is 37.8. The van der Waals surface area contributed by atoms with Crippen LogP contribution in [0.25, 0.3) is 44.1 Å². The topological polar surface area (TPSA) is 125 Å². The fourth-order valence-electron chi connectivity index (χ4n) is 6.14. The molecule has 2 atom stereocenters. The third-order valence-corrected chi connectivity index (χ3v) is 8.02. The Labute approximate surface area is 225 Å². The molecule has 6 heterocycles. The molecule has 12 heteroatoms. The smallest absolute Gasteiger partial charge is 0.341 e. The van der Waals surface area contributed by atoms with E-state index in [0.29, 0.717) is 64.4 Å². The highest BCUT2D eigenvalue weighted by molar-refractivity contribution is 6.18. The van der Waals surface area contributed by atoms with Gasteiger partial charge in [-0.15, -0.1) is 0 Å². The summed E-state index contributed by atoms with van der Waals surface area (Å²) in [4.78, 5) is 39.4. The molecule has 2 bridgehead atoms. The Bertz CT molecular complexity index is 1950. The molecule has 0 spiro atoms. The number of ether oxygens (including phenoxy) is 1. The zero-order chi connectivity index (χ0) is 27.9. The van der Waals surface area contributed by atoms with Gasteiger partial charge in [0.05, 0.1) is 51.8 Å². The van der Waals surface area contributed by atoms with E-state index < -0.39 is 23.0 Å². The maximum atomic E-state index is 15.5. The van der Waals surface area contributed by atoms with Gasteiger partial charge in [0.1, 0.15) is 16.9 Å². The van der Waals surface area contributed by atoms with Crippen molar-refractivity contribution in [3.63, 3.8) is 0 Å². The first-order valence-electron chi connectivity index (χ1n) is 13.0. The zero-order valence-corrected chi connectivity index (χ0v) is 21.6. The molecule has 0 aliphatic carbocycles. The van der Waals surface area contributed by atoms with Crippen LogP contribution in [-0.2, 0) is 11.3 Å². The predicted molar refractivity (Wildman–Crippen MR) is 146 cm³/mol. The highest BCUT2D eigenvalue weighted by Gasteiger charge is 2.41. The summed E-state index contributed by atoms with van der Waals surface area (Å²) in [6.07, 6.45) is 5.31. The second kappa shape index (κ2) is 8.71. The number of nitrogens with zero attached hydrogens (tertiary/aromatic N) is 4. The molecule has 3 N–H and O–H groups in total. The van der Waals surface area contributed by atoms with Crippen molar-refractivity contribution in [1.82, 2.24) is 19.5 Å². The number of fused-ring (bicyclic) bond motifs is 6. The number of anilines is 2. The Morgan fingerprint density at radius 2 is 2.08 bits per heavy atom. The monoisotopic (exact) mass is 546 g/mol. The predicted octanol–water partition coefficient (Wildman–Crippen LogP) is 4.11. The fourth-order valence-corrected chi connectivity index (χ4v) is 6.14. The van der Waals surface area contributed by atoms with Gasteiger partial charge < -0.3 is 29.6 Å². The van der Waals surface area contributed by atoms with E-state index in [4.69, 9.17) is 4.74 Å². The van der Waals surface area contributed by atoms with Crippen molar-refractivity contribution < 1.29 is 23.4 Å². The van der Waals surface area contributed by atoms with E-state index in [-0.39, 0.29) is 28.5 Å². The van der Waals surface area contributed by atoms with E-state index in [1.807, 2.05) is 6.92 Å². The minimum Gasteiger partial charge on any atom is -0.477 e. The SMILES string of the molecule is CCn1cc(C(=O)O)c(=O)c2cc(-c3cnc4[nH]c5c(NC)cc(F)c(F)c5c4c3N3CC4CC3CO4)cnc21. The number of hydrogen-bond acceptors (Lipinski definition) is 7. The number of carbonyl (C=O) groups is 1. The molecule has 10 nitrogen and oxygen atoms in total. The number of H-pyrrole nitrogens is 1. The number of carboxylic acid groups (broad SMARTS) is 1. The molecule has 204 valence electrons. The lowest BCUT2D eigenvalue weighted by atomic mass is 10.0. The van der Waals surface area contributed by atoms with Crippen LogP contribution in [0, 0.1) is 11.6 Å². The lowest BCUT2D eigenvalue weighted by Crippen LogP contribution is -2.37. The Kier molecular flexibility index (Phi) is 5.33. The van der Waals surface area contributed by atoms with Crippen LogP contribution in [0.2, 0.25) is 0 Å². The third kappa shape index (κ3) is 3.35. The largest absolute Gasteiger partial charge is 0.477 e. The van der Waals surface area contributed by atoms with Gasteiger partial charge >= 0.3 is 5.97 Å². The molecule has 4 aromatic heterocycles.